The first-order chi connectivity index (χ1) is 11.8. The predicted molar refractivity (Wildman–Crippen MR) is 93.6 cm³/mol. The molecule has 136 valence electrons. The van der Waals surface area contributed by atoms with Crippen LogP contribution < -0.4 is 5.48 Å². The van der Waals surface area contributed by atoms with E-state index in [9.17, 15) is 8.42 Å². The molecule has 0 aromatic rings. The Labute approximate surface area is 148 Å². The minimum atomic E-state index is -3.65. The van der Waals surface area contributed by atoms with Gasteiger partial charge in [0.25, 0.3) is 10.1 Å². The molecule has 0 bridgehead atoms. The van der Waals surface area contributed by atoms with Crippen LogP contribution in [0.2, 0.25) is 0 Å². The van der Waals surface area contributed by atoms with Crippen molar-refractivity contribution < 1.29 is 17.8 Å². The zero-order chi connectivity index (χ0) is 18.9. The number of allylic oxidation sites excluding steroid dienone is 5. The zero-order valence-electron chi connectivity index (χ0n) is 14.3. The molecular formula is C16H22N4O4S. The number of nitrogens with one attached hydrogen (secondary N) is 1. The van der Waals surface area contributed by atoms with Crippen LogP contribution in [-0.4, -0.2) is 43.9 Å². The molecule has 0 spiro atoms. The molecule has 1 aliphatic rings. The minimum absolute atomic E-state index is 0.0389. The Bertz CT molecular complexity index is 716. The first-order valence-corrected chi connectivity index (χ1v) is 9.30. The van der Waals surface area contributed by atoms with Gasteiger partial charge in [-0.05, 0) is 38.8 Å². The lowest BCUT2D eigenvalue weighted by molar-refractivity contribution is 0.170. The van der Waals surface area contributed by atoms with E-state index in [1.165, 1.54) is 0 Å². The third kappa shape index (κ3) is 6.69. The maximum Gasteiger partial charge on any atom is 0.526 e. The average molecular weight is 366 g/mol. The van der Waals surface area contributed by atoms with Crippen molar-refractivity contribution in [2.24, 2.45) is 0 Å². The van der Waals surface area contributed by atoms with Crippen LogP contribution in [0.15, 0.2) is 34.9 Å². The Morgan fingerprint density at radius 2 is 1.84 bits per heavy atom. The summed E-state index contributed by atoms with van der Waals surface area (Å²) in [5.74, 6) is -0.0767. The number of rotatable bonds is 9. The molecule has 1 heterocycles. The van der Waals surface area contributed by atoms with Crippen molar-refractivity contribution >= 4 is 10.1 Å². The van der Waals surface area contributed by atoms with E-state index in [1.807, 2.05) is 18.7 Å². The summed E-state index contributed by atoms with van der Waals surface area (Å²) in [5.41, 5.74) is 4.60. The Hall–Kier alpha value is -2.17. The standard InChI is InChI=1S/C16H22N4O4S/c1-13-11-15(16(17-3)18-4)12-14(2)20(13)8-5-6-10-25(22,23)24-19-7-9-21/h11-12,19,21H,5-10H2,1-2H3. The summed E-state index contributed by atoms with van der Waals surface area (Å²) in [5, 5.41) is 8.57. The first kappa shape index (κ1) is 20.9. The number of aliphatic hydroxyl groups excluding tert-OH is 1. The van der Waals surface area contributed by atoms with Gasteiger partial charge in [0.15, 0.2) is 0 Å². The molecule has 8 nitrogen and oxygen atoms in total. The molecule has 0 fully saturated rings. The van der Waals surface area contributed by atoms with Crippen LogP contribution in [0.3, 0.4) is 0 Å². The molecule has 0 saturated carbocycles. The highest BCUT2D eigenvalue weighted by Crippen LogP contribution is 2.25. The highest BCUT2D eigenvalue weighted by Gasteiger charge is 2.19. The normalized spacial score (nSPS) is 14.4. The molecule has 0 aromatic heterocycles. The van der Waals surface area contributed by atoms with Crippen LogP contribution in [0.1, 0.15) is 26.7 Å². The Balaban J connectivity index is 2.56. The monoisotopic (exact) mass is 366 g/mol. The molecule has 1 aliphatic heterocycles. The molecule has 0 saturated heterocycles. The Morgan fingerprint density at radius 3 is 2.36 bits per heavy atom. The van der Waals surface area contributed by atoms with Crippen LogP contribution in [0, 0.1) is 13.1 Å². The van der Waals surface area contributed by atoms with Crippen molar-refractivity contribution in [2.45, 2.75) is 26.7 Å². The zero-order valence-corrected chi connectivity index (χ0v) is 15.1. The fourth-order valence-electron chi connectivity index (χ4n) is 2.33. The van der Waals surface area contributed by atoms with E-state index in [-0.39, 0.29) is 24.7 Å². The van der Waals surface area contributed by atoms with Gasteiger partial charge in [-0.25, -0.2) is 0 Å². The van der Waals surface area contributed by atoms with Gasteiger partial charge in [0.2, 0.25) is 0 Å². The van der Waals surface area contributed by atoms with E-state index >= 15 is 0 Å². The van der Waals surface area contributed by atoms with E-state index in [0.29, 0.717) is 25.0 Å². The number of hydrogen-bond acceptors (Lipinski definition) is 6. The van der Waals surface area contributed by atoms with Crippen molar-refractivity contribution in [3.8, 4) is 0 Å². The van der Waals surface area contributed by atoms with E-state index in [1.54, 1.807) is 12.2 Å². The molecule has 0 atom stereocenters. The van der Waals surface area contributed by atoms with Crippen LogP contribution >= 0.6 is 0 Å². The predicted octanol–water partition coefficient (Wildman–Crippen LogP) is 1.78. The Kier molecular flexibility index (Phi) is 8.32. The SMILES string of the molecule is [C-]#[N+]C([N+]#[C-])=C1C=C(C)N(CCCCS(=O)(=O)ONCCO)C(C)=C1. The molecule has 0 radical (unpaired) electrons. The van der Waals surface area contributed by atoms with Crippen molar-refractivity contribution in [3.63, 3.8) is 0 Å². The lowest BCUT2D eigenvalue weighted by Gasteiger charge is -2.29. The van der Waals surface area contributed by atoms with Crippen LogP contribution in [0.25, 0.3) is 9.69 Å². The van der Waals surface area contributed by atoms with Crippen molar-refractivity contribution in [2.75, 3.05) is 25.4 Å². The quantitative estimate of drug-likeness (QED) is 0.367. The number of aliphatic hydroxyl groups is 1. The van der Waals surface area contributed by atoms with Crippen molar-refractivity contribution in [1.82, 2.24) is 10.4 Å². The van der Waals surface area contributed by atoms with E-state index in [0.717, 1.165) is 11.4 Å². The molecular weight excluding hydrogens is 344 g/mol. The average Bonchev–Trinajstić information content (AvgIpc) is 2.54. The van der Waals surface area contributed by atoms with Gasteiger partial charge in [0.05, 0.1) is 17.9 Å². The lowest BCUT2D eigenvalue weighted by atomic mass is 10.1. The van der Waals surface area contributed by atoms with Gasteiger partial charge < -0.3 is 10.0 Å². The maximum atomic E-state index is 11.6. The van der Waals surface area contributed by atoms with Gasteiger partial charge in [0, 0.05) is 24.5 Å². The van der Waals surface area contributed by atoms with Gasteiger partial charge in [0.1, 0.15) is 13.1 Å². The maximum absolute atomic E-state index is 11.6. The number of unbranched alkanes of at least 4 members (excludes halogenated alkanes) is 1. The summed E-state index contributed by atoms with van der Waals surface area (Å²) >= 11 is 0. The summed E-state index contributed by atoms with van der Waals surface area (Å²) in [6, 6.07) is 0. The first-order valence-electron chi connectivity index (χ1n) is 7.73. The summed E-state index contributed by atoms with van der Waals surface area (Å²) < 4.78 is 27.7. The second kappa shape index (κ2) is 9.97. The van der Waals surface area contributed by atoms with Gasteiger partial charge in [-0.15, -0.1) is 0 Å². The lowest BCUT2D eigenvalue weighted by Crippen LogP contribution is -2.26. The number of nitrogens with zero attached hydrogens (tertiary/aromatic N) is 3. The fourth-order valence-corrected chi connectivity index (χ4v) is 3.23. The second-order valence-electron chi connectivity index (χ2n) is 5.40. The van der Waals surface area contributed by atoms with E-state index < -0.39 is 10.1 Å². The van der Waals surface area contributed by atoms with Crippen LogP contribution in [0.5, 0.6) is 0 Å². The second-order valence-corrected chi connectivity index (χ2v) is 7.09. The minimum Gasteiger partial charge on any atom is -0.395 e. The number of hydroxylamine groups is 1. The fraction of sp³-hybridized carbons (Fsp3) is 0.500. The van der Waals surface area contributed by atoms with Crippen molar-refractivity contribution in [1.29, 1.82) is 0 Å². The third-order valence-corrected chi connectivity index (χ3v) is 4.64. The molecule has 0 aliphatic carbocycles. The summed E-state index contributed by atoms with van der Waals surface area (Å²) in [6.45, 7) is 18.3. The molecule has 0 amide bonds. The Morgan fingerprint density at radius 1 is 1.24 bits per heavy atom. The highest BCUT2D eigenvalue weighted by molar-refractivity contribution is 7.86. The van der Waals surface area contributed by atoms with Crippen molar-refractivity contribution in [3.05, 3.63) is 57.8 Å². The molecule has 1 rings (SSSR count). The topological polar surface area (TPSA) is 87.6 Å². The molecule has 0 unspecified atom stereocenters. The summed E-state index contributed by atoms with van der Waals surface area (Å²) in [6.07, 6.45) is 4.64. The van der Waals surface area contributed by atoms with E-state index in [4.69, 9.17) is 18.3 Å². The molecule has 0 aromatic carbocycles. The van der Waals surface area contributed by atoms with Gasteiger partial charge in [-0.3, -0.25) is 0 Å². The largest absolute Gasteiger partial charge is 0.526 e. The smallest absolute Gasteiger partial charge is 0.395 e. The van der Waals surface area contributed by atoms with Gasteiger partial charge in [-0.2, -0.15) is 27.9 Å². The highest BCUT2D eigenvalue weighted by atomic mass is 32.2. The molecule has 9 heteroatoms. The number of hydrogen-bond donors (Lipinski definition) is 2. The summed E-state index contributed by atoms with van der Waals surface area (Å²) in [7, 11) is -3.65. The van der Waals surface area contributed by atoms with E-state index in [2.05, 4.69) is 19.5 Å². The van der Waals surface area contributed by atoms with Gasteiger partial charge in [-0.1, -0.05) is 0 Å². The third-order valence-electron chi connectivity index (χ3n) is 3.48. The van der Waals surface area contributed by atoms with Crippen LogP contribution in [-0.2, 0) is 14.4 Å². The van der Waals surface area contributed by atoms with Crippen LogP contribution in [0.4, 0.5) is 0 Å². The molecule has 2 N–H and O–H groups in total. The van der Waals surface area contributed by atoms with Gasteiger partial charge >= 0.3 is 5.82 Å². The summed E-state index contributed by atoms with van der Waals surface area (Å²) in [4.78, 5) is 8.47. The molecule has 25 heavy (non-hydrogen) atoms.